The lowest BCUT2D eigenvalue weighted by atomic mass is 9.99. The van der Waals surface area contributed by atoms with Gasteiger partial charge in [0.1, 0.15) is 0 Å². The summed E-state index contributed by atoms with van der Waals surface area (Å²) in [6.45, 7) is 0.603. The van der Waals surface area contributed by atoms with Crippen molar-refractivity contribution in [3.8, 4) is 0 Å². The number of carbonyl (C=O) groups is 2. The number of hydrogen-bond acceptors (Lipinski definition) is 4. The third-order valence-corrected chi connectivity index (χ3v) is 6.10. The SMILES string of the molecule is O=C(NCc1ccccc1C(F)(F)F)c1cccc(NC(=O)N2CCc3c(cnc4[nH]ncc34)C2)c1. The number of urea groups is 1. The van der Waals surface area contributed by atoms with Gasteiger partial charge in [0, 0.05) is 42.5 Å². The Bertz CT molecular complexity index is 1450. The number of fused-ring (bicyclic) bond motifs is 3. The summed E-state index contributed by atoms with van der Waals surface area (Å²) in [5.41, 5.74) is 2.56. The number of alkyl halides is 3. The van der Waals surface area contributed by atoms with Crippen LogP contribution in [0.1, 0.15) is 32.6 Å². The highest BCUT2D eigenvalue weighted by Gasteiger charge is 2.32. The molecule has 0 spiro atoms. The first-order valence-electron chi connectivity index (χ1n) is 11.2. The van der Waals surface area contributed by atoms with Gasteiger partial charge in [0.2, 0.25) is 0 Å². The van der Waals surface area contributed by atoms with Crippen LogP contribution in [0.2, 0.25) is 0 Å². The third kappa shape index (κ3) is 4.72. The molecule has 1 aliphatic rings. The Labute approximate surface area is 203 Å². The normalized spacial score (nSPS) is 13.4. The van der Waals surface area contributed by atoms with Crippen LogP contribution in [0.5, 0.6) is 0 Å². The quantitative estimate of drug-likeness (QED) is 0.389. The molecule has 0 aliphatic carbocycles. The van der Waals surface area contributed by atoms with Gasteiger partial charge in [-0.15, -0.1) is 0 Å². The fourth-order valence-electron chi connectivity index (χ4n) is 4.30. The highest BCUT2D eigenvalue weighted by atomic mass is 19.4. The molecule has 0 atom stereocenters. The van der Waals surface area contributed by atoms with Crippen LogP contribution in [0, 0.1) is 0 Å². The number of hydrogen-bond donors (Lipinski definition) is 3. The second-order valence-electron chi connectivity index (χ2n) is 8.41. The second kappa shape index (κ2) is 9.33. The van der Waals surface area contributed by atoms with Crippen LogP contribution in [0.4, 0.5) is 23.7 Å². The molecule has 0 unspecified atom stereocenters. The molecule has 3 amide bonds. The Morgan fingerprint density at radius 3 is 2.75 bits per heavy atom. The van der Waals surface area contributed by atoms with Gasteiger partial charge in [0.05, 0.1) is 11.8 Å². The van der Waals surface area contributed by atoms with E-state index in [0.29, 0.717) is 30.8 Å². The number of anilines is 1. The largest absolute Gasteiger partial charge is 0.416 e. The van der Waals surface area contributed by atoms with E-state index < -0.39 is 17.6 Å². The topological polar surface area (TPSA) is 103 Å². The fraction of sp³-hybridized carbons (Fsp3) is 0.200. The monoisotopic (exact) mass is 494 g/mol. The summed E-state index contributed by atoms with van der Waals surface area (Å²) in [6, 6.07) is 11.0. The number of nitrogens with zero attached hydrogens (tertiary/aromatic N) is 3. The summed E-state index contributed by atoms with van der Waals surface area (Å²) in [7, 11) is 0. The fourth-order valence-corrected chi connectivity index (χ4v) is 4.30. The van der Waals surface area contributed by atoms with Crippen molar-refractivity contribution in [2.45, 2.75) is 25.7 Å². The molecule has 2 aromatic carbocycles. The predicted molar refractivity (Wildman–Crippen MR) is 126 cm³/mol. The van der Waals surface area contributed by atoms with Gasteiger partial charge in [-0.2, -0.15) is 18.3 Å². The van der Waals surface area contributed by atoms with E-state index in [9.17, 15) is 22.8 Å². The van der Waals surface area contributed by atoms with Gasteiger partial charge in [-0.05, 0) is 47.4 Å². The lowest BCUT2D eigenvalue weighted by molar-refractivity contribution is -0.138. The first-order chi connectivity index (χ1) is 17.3. The van der Waals surface area contributed by atoms with Gasteiger partial charge >= 0.3 is 12.2 Å². The Balaban J connectivity index is 1.23. The number of nitrogens with one attached hydrogen (secondary N) is 3. The highest BCUT2D eigenvalue weighted by molar-refractivity contribution is 5.97. The van der Waals surface area contributed by atoms with E-state index in [2.05, 4.69) is 25.8 Å². The minimum absolute atomic E-state index is 0.0321. The number of amides is 3. The van der Waals surface area contributed by atoms with Crippen molar-refractivity contribution in [2.75, 3.05) is 11.9 Å². The van der Waals surface area contributed by atoms with E-state index >= 15 is 0 Å². The van der Waals surface area contributed by atoms with Crippen LogP contribution >= 0.6 is 0 Å². The number of aromatic amines is 1. The molecule has 3 N–H and O–H groups in total. The average Bonchev–Trinajstić information content (AvgIpc) is 3.36. The summed E-state index contributed by atoms with van der Waals surface area (Å²) < 4.78 is 39.6. The Kier molecular flexibility index (Phi) is 6.05. The van der Waals surface area contributed by atoms with Gasteiger partial charge in [-0.25, -0.2) is 9.78 Å². The molecule has 0 fully saturated rings. The van der Waals surface area contributed by atoms with Crippen LogP contribution in [0.25, 0.3) is 11.0 Å². The number of H-pyrrole nitrogens is 1. The van der Waals surface area contributed by atoms with E-state index in [1.54, 1.807) is 29.4 Å². The molecule has 4 aromatic rings. The zero-order chi connectivity index (χ0) is 25.3. The van der Waals surface area contributed by atoms with E-state index in [4.69, 9.17) is 0 Å². The van der Waals surface area contributed by atoms with Crippen molar-refractivity contribution in [1.82, 2.24) is 25.4 Å². The van der Waals surface area contributed by atoms with Crippen LogP contribution in [0.3, 0.4) is 0 Å². The van der Waals surface area contributed by atoms with E-state index in [-0.39, 0.29) is 23.7 Å². The molecule has 3 heterocycles. The maximum absolute atomic E-state index is 13.2. The molecule has 0 bridgehead atoms. The number of rotatable bonds is 4. The summed E-state index contributed by atoms with van der Waals surface area (Å²) in [5, 5.41) is 13.1. The first kappa shape index (κ1) is 23.3. The van der Waals surface area contributed by atoms with Crippen molar-refractivity contribution in [3.63, 3.8) is 0 Å². The second-order valence-corrected chi connectivity index (χ2v) is 8.41. The molecule has 0 saturated carbocycles. The molecule has 36 heavy (non-hydrogen) atoms. The molecule has 184 valence electrons. The van der Waals surface area contributed by atoms with Gasteiger partial charge in [0.25, 0.3) is 5.91 Å². The van der Waals surface area contributed by atoms with Gasteiger partial charge in [-0.3, -0.25) is 9.89 Å². The van der Waals surface area contributed by atoms with Crippen LogP contribution in [-0.4, -0.2) is 38.6 Å². The minimum atomic E-state index is -4.51. The summed E-state index contributed by atoms with van der Waals surface area (Å²) in [6.07, 6.45) is -0.392. The number of pyridine rings is 1. The van der Waals surface area contributed by atoms with Crippen LogP contribution in [-0.2, 0) is 25.7 Å². The lowest BCUT2D eigenvalue weighted by Crippen LogP contribution is -2.39. The number of benzene rings is 2. The summed E-state index contributed by atoms with van der Waals surface area (Å²) in [5.74, 6) is -0.551. The summed E-state index contributed by atoms with van der Waals surface area (Å²) >= 11 is 0. The number of halogens is 3. The smallest absolute Gasteiger partial charge is 0.348 e. The maximum Gasteiger partial charge on any atom is 0.416 e. The van der Waals surface area contributed by atoms with Crippen LogP contribution in [0.15, 0.2) is 60.9 Å². The van der Waals surface area contributed by atoms with E-state index in [0.717, 1.165) is 22.6 Å². The molecule has 1 aliphatic heterocycles. The standard InChI is InChI=1S/C25H21F3N6O2/c26-25(27,28)21-7-2-1-4-16(21)11-30-23(35)15-5-3-6-18(10-15)32-24(36)34-9-8-19-17(14-34)12-29-22-20(19)13-31-33-22/h1-7,10,12-13H,8-9,11,14H2,(H,30,35)(H,32,36)(H,29,31,33). The molecule has 0 saturated heterocycles. The van der Waals surface area contributed by atoms with Crippen molar-refractivity contribution in [3.05, 3.63) is 88.7 Å². The molecule has 5 rings (SSSR count). The van der Waals surface area contributed by atoms with E-state index in [1.165, 1.54) is 30.3 Å². The average molecular weight is 494 g/mol. The Hall–Kier alpha value is -4.41. The van der Waals surface area contributed by atoms with Crippen molar-refractivity contribution >= 4 is 28.7 Å². The van der Waals surface area contributed by atoms with Crippen LogP contribution < -0.4 is 10.6 Å². The van der Waals surface area contributed by atoms with Crippen molar-refractivity contribution in [2.24, 2.45) is 0 Å². The zero-order valence-corrected chi connectivity index (χ0v) is 18.9. The summed E-state index contributed by atoms with van der Waals surface area (Å²) in [4.78, 5) is 31.5. The Morgan fingerprint density at radius 2 is 1.92 bits per heavy atom. The van der Waals surface area contributed by atoms with Gasteiger partial charge < -0.3 is 15.5 Å². The molecule has 0 radical (unpaired) electrons. The van der Waals surface area contributed by atoms with Gasteiger partial charge in [-0.1, -0.05) is 24.3 Å². The molecular formula is C25H21F3N6O2. The molecule has 8 nitrogen and oxygen atoms in total. The van der Waals surface area contributed by atoms with Crippen molar-refractivity contribution in [1.29, 1.82) is 0 Å². The first-order valence-corrected chi connectivity index (χ1v) is 11.2. The minimum Gasteiger partial charge on any atom is -0.348 e. The highest BCUT2D eigenvalue weighted by Crippen LogP contribution is 2.32. The number of carbonyl (C=O) groups excluding carboxylic acids is 2. The third-order valence-electron chi connectivity index (χ3n) is 6.10. The Morgan fingerprint density at radius 1 is 1.08 bits per heavy atom. The zero-order valence-electron chi connectivity index (χ0n) is 18.9. The molecule has 11 heteroatoms. The molecule has 2 aromatic heterocycles. The number of aromatic nitrogens is 3. The van der Waals surface area contributed by atoms with E-state index in [1.807, 2.05) is 0 Å². The predicted octanol–water partition coefficient (Wildman–Crippen LogP) is 4.50. The lowest BCUT2D eigenvalue weighted by Gasteiger charge is -2.29. The maximum atomic E-state index is 13.2. The molecular weight excluding hydrogens is 473 g/mol. The van der Waals surface area contributed by atoms with Crippen molar-refractivity contribution < 1.29 is 22.8 Å². The van der Waals surface area contributed by atoms with Gasteiger partial charge in [0.15, 0.2) is 5.65 Å².